The molecule has 0 unspecified atom stereocenters. The van der Waals surface area contributed by atoms with Crippen LogP contribution in [0.25, 0.3) is 10.8 Å². The molecular weight excluding hydrogens is 268 g/mol. The lowest BCUT2D eigenvalue weighted by atomic mass is 9.89. The Bertz CT molecular complexity index is 668. The third kappa shape index (κ3) is 2.27. The smallest absolute Gasteiger partial charge is 0.231 e. The van der Waals surface area contributed by atoms with E-state index in [2.05, 4.69) is 10.3 Å². The number of anilines is 1. The molecule has 1 N–H and O–H groups in total. The molecule has 0 saturated heterocycles. The van der Waals surface area contributed by atoms with Crippen LogP contribution >= 0.6 is 0 Å². The Morgan fingerprint density at radius 1 is 1.29 bits per heavy atom. The molecule has 1 aliphatic heterocycles. The summed E-state index contributed by atoms with van der Waals surface area (Å²) in [5.41, 5.74) is 0. The summed E-state index contributed by atoms with van der Waals surface area (Å²) in [7, 11) is 0. The zero-order chi connectivity index (χ0) is 14.2. The summed E-state index contributed by atoms with van der Waals surface area (Å²) in [4.78, 5) is 4.48. The van der Waals surface area contributed by atoms with Crippen molar-refractivity contribution in [3.05, 3.63) is 24.4 Å². The van der Waals surface area contributed by atoms with Crippen molar-refractivity contribution in [2.45, 2.75) is 31.9 Å². The van der Waals surface area contributed by atoms with E-state index in [4.69, 9.17) is 14.2 Å². The molecule has 1 aliphatic carbocycles. The second kappa shape index (κ2) is 5.07. The number of benzene rings is 1. The average molecular weight is 286 g/mol. The normalized spacial score (nSPS) is 23.1. The number of fused-ring (bicyclic) bond motifs is 2. The van der Waals surface area contributed by atoms with Gasteiger partial charge < -0.3 is 19.5 Å². The largest absolute Gasteiger partial charge is 0.454 e. The highest BCUT2D eigenvalue weighted by Crippen LogP contribution is 2.38. The molecule has 21 heavy (non-hydrogen) atoms. The Hall–Kier alpha value is -2.01. The van der Waals surface area contributed by atoms with E-state index in [1.165, 1.54) is 0 Å². The van der Waals surface area contributed by atoms with E-state index in [1.807, 2.05) is 31.3 Å². The number of ether oxygens (including phenoxy) is 3. The second-order valence-electron chi connectivity index (χ2n) is 5.48. The summed E-state index contributed by atoms with van der Waals surface area (Å²) in [6.07, 6.45) is 4.29. The summed E-state index contributed by atoms with van der Waals surface area (Å²) >= 11 is 0. The van der Waals surface area contributed by atoms with Gasteiger partial charge in [-0.25, -0.2) is 4.98 Å². The van der Waals surface area contributed by atoms with Crippen LogP contribution in [0.5, 0.6) is 11.5 Å². The Morgan fingerprint density at radius 2 is 2.10 bits per heavy atom. The first-order valence-corrected chi connectivity index (χ1v) is 7.40. The van der Waals surface area contributed by atoms with E-state index in [0.717, 1.165) is 47.5 Å². The molecule has 0 radical (unpaired) electrons. The third-order valence-electron chi connectivity index (χ3n) is 4.10. The number of aromatic nitrogens is 1. The van der Waals surface area contributed by atoms with E-state index in [-0.39, 0.29) is 0 Å². The molecule has 0 bridgehead atoms. The van der Waals surface area contributed by atoms with Crippen molar-refractivity contribution in [2.24, 2.45) is 0 Å². The van der Waals surface area contributed by atoms with Gasteiger partial charge in [-0.15, -0.1) is 0 Å². The van der Waals surface area contributed by atoms with Crippen LogP contribution in [-0.2, 0) is 4.74 Å². The fourth-order valence-electron chi connectivity index (χ4n) is 2.93. The summed E-state index contributed by atoms with van der Waals surface area (Å²) in [5, 5.41) is 5.69. The zero-order valence-electron chi connectivity index (χ0n) is 12.0. The lowest BCUT2D eigenvalue weighted by molar-refractivity contribution is 0.00295. The molecule has 1 fully saturated rings. The van der Waals surface area contributed by atoms with Crippen LogP contribution in [0.4, 0.5) is 5.82 Å². The van der Waals surface area contributed by atoms with Crippen molar-refractivity contribution < 1.29 is 14.2 Å². The highest BCUT2D eigenvalue weighted by atomic mass is 16.7. The molecule has 5 nitrogen and oxygen atoms in total. The first-order valence-electron chi connectivity index (χ1n) is 7.40. The van der Waals surface area contributed by atoms with E-state index < -0.39 is 0 Å². The molecule has 2 aromatic rings. The first kappa shape index (κ1) is 12.7. The minimum Gasteiger partial charge on any atom is -0.454 e. The quantitative estimate of drug-likeness (QED) is 0.936. The van der Waals surface area contributed by atoms with Gasteiger partial charge in [0.05, 0.1) is 6.10 Å². The fraction of sp³-hybridized carbons (Fsp3) is 0.438. The van der Waals surface area contributed by atoms with Crippen LogP contribution in [0.1, 0.15) is 19.8 Å². The number of hydrogen-bond donors (Lipinski definition) is 1. The van der Waals surface area contributed by atoms with E-state index in [1.54, 1.807) is 0 Å². The van der Waals surface area contributed by atoms with E-state index >= 15 is 0 Å². The molecule has 0 atom stereocenters. The highest BCUT2D eigenvalue weighted by Gasteiger charge is 2.30. The number of rotatable bonds is 4. The second-order valence-corrected chi connectivity index (χ2v) is 5.48. The van der Waals surface area contributed by atoms with Crippen LogP contribution in [0.2, 0.25) is 0 Å². The number of nitrogens with one attached hydrogen (secondary N) is 1. The van der Waals surface area contributed by atoms with Gasteiger partial charge in [-0.05, 0) is 43.4 Å². The Kier molecular flexibility index (Phi) is 3.07. The van der Waals surface area contributed by atoms with Gasteiger partial charge in [-0.3, -0.25) is 0 Å². The number of pyridine rings is 1. The molecule has 1 aromatic carbocycles. The summed E-state index contributed by atoms with van der Waals surface area (Å²) in [5.74, 6) is 2.50. The van der Waals surface area contributed by atoms with Gasteiger partial charge in [0, 0.05) is 24.2 Å². The maximum atomic E-state index is 5.60. The standard InChI is InChI=1S/C16H18N2O3/c1-2-19-12-6-11(7-12)18-16-13-8-15-14(20-9-21-15)5-10(13)3-4-17-16/h3-5,8,11-12H,2,6-7,9H2,1H3,(H,17,18). The van der Waals surface area contributed by atoms with Crippen molar-refractivity contribution in [2.75, 3.05) is 18.7 Å². The maximum Gasteiger partial charge on any atom is 0.231 e. The Balaban J connectivity index is 1.58. The SMILES string of the molecule is CCOC1CC(Nc2nccc3cc4c(cc23)OCO4)C1. The van der Waals surface area contributed by atoms with Gasteiger partial charge >= 0.3 is 0 Å². The van der Waals surface area contributed by atoms with Crippen LogP contribution in [0.3, 0.4) is 0 Å². The van der Waals surface area contributed by atoms with Gasteiger partial charge in [0.2, 0.25) is 6.79 Å². The molecule has 5 heteroatoms. The monoisotopic (exact) mass is 286 g/mol. The summed E-state index contributed by atoms with van der Waals surface area (Å²) in [6.45, 7) is 3.11. The van der Waals surface area contributed by atoms with Crippen molar-refractivity contribution in [3.63, 3.8) is 0 Å². The highest BCUT2D eigenvalue weighted by molar-refractivity contribution is 5.94. The van der Waals surface area contributed by atoms with Gasteiger partial charge in [0.1, 0.15) is 5.82 Å². The topological polar surface area (TPSA) is 52.6 Å². The van der Waals surface area contributed by atoms with Crippen LogP contribution in [-0.4, -0.2) is 30.5 Å². The van der Waals surface area contributed by atoms with Crippen molar-refractivity contribution >= 4 is 16.6 Å². The van der Waals surface area contributed by atoms with Gasteiger partial charge in [-0.2, -0.15) is 0 Å². The summed E-state index contributed by atoms with van der Waals surface area (Å²) in [6, 6.07) is 6.44. The van der Waals surface area contributed by atoms with Gasteiger partial charge in [0.15, 0.2) is 11.5 Å². The van der Waals surface area contributed by atoms with Crippen molar-refractivity contribution in [1.82, 2.24) is 4.98 Å². The predicted octanol–water partition coefficient (Wildman–Crippen LogP) is 2.94. The van der Waals surface area contributed by atoms with Crippen LogP contribution in [0.15, 0.2) is 24.4 Å². The number of nitrogens with zero attached hydrogens (tertiary/aromatic N) is 1. The molecule has 2 heterocycles. The van der Waals surface area contributed by atoms with Crippen LogP contribution in [0, 0.1) is 0 Å². The molecular formula is C16H18N2O3. The predicted molar refractivity (Wildman–Crippen MR) is 79.9 cm³/mol. The lowest BCUT2D eigenvalue weighted by Gasteiger charge is -2.35. The first-order chi connectivity index (χ1) is 10.3. The molecule has 110 valence electrons. The minimum absolute atomic E-state index is 0.292. The molecule has 2 aliphatic rings. The molecule has 1 saturated carbocycles. The number of hydrogen-bond acceptors (Lipinski definition) is 5. The van der Waals surface area contributed by atoms with Crippen molar-refractivity contribution in [3.8, 4) is 11.5 Å². The zero-order valence-corrected chi connectivity index (χ0v) is 12.0. The third-order valence-corrected chi connectivity index (χ3v) is 4.10. The fourth-order valence-corrected chi connectivity index (χ4v) is 2.93. The Morgan fingerprint density at radius 3 is 2.90 bits per heavy atom. The molecule has 4 rings (SSSR count). The average Bonchev–Trinajstić information content (AvgIpc) is 2.90. The molecule has 0 spiro atoms. The maximum absolute atomic E-state index is 5.60. The minimum atomic E-state index is 0.292. The van der Waals surface area contributed by atoms with Gasteiger partial charge in [-0.1, -0.05) is 0 Å². The van der Waals surface area contributed by atoms with E-state index in [0.29, 0.717) is 18.9 Å². The van der Waals surface area contributed by atoms with Gasteiger partial charge in [0.25, 0.3) is 0 Å². The Labute approximate surface area is 123 Å². The van der Waals surface area contributed by atoms with Crippen molar-refractivity contribution in [1.29, 1.82) is 0 Å². The summed E-state index contributed by atoms with van der Waals surface area (Å²) < 4.78 is 16.5. The molecule has 0 amide bonds. The van der Waals surface area contributed by atoms with E-state index in [9.17, 15) is 0 Å². The van der Waals surface area contributed by atoms with Crippen LogP contribution < -0.4 is 14.8 Å². The lowest BCUT2D eigenvalue weighted by Crippen LogP contribution is -2.41. The molecule has 1 aromatic heterocycles.